The summed E-state index contributed by atoms with van der Waals surface area (Å²) in [5.74, 6) is -0.846. The van der Waals surface area contributed by atoms with Crippen LogP contribution in [0.3, 0.4) is 0 Å². The zero-order chi connectivity index (χ0) is 12.7. The normalized spacial score (nSPS) is 9.94. The van der Waals surface area contributed by atoms with E-state index in [1.165, 1.54) is 5.56 Å². The highest BCUT2D eigenvalue weighted by Crippen LogP contribution is 2.12. The van der Waals surface area contributed by atoms with E-state index in [9.17, 15) is 9.59 Å². The molecule has 5 nitrogen and oxygen atoms in total. The maximum atomic E-state index is 11.3. The molecule has 0 radical (unpaired) electrons. The Balaban J connectivity index is 2.13. The minimum Gasteiger partial charge on any atom is -0.481 e. The fourth-order valence-corrected chi connectivity index (χ4v) is 2.10. The quantitative estimate of drug-likeness (QED) is 0.678. The molecule has 0 saturated heterocycles. The maximum Gasteiger partial charge on any atom is 0.315 e. The number of thiophene rings is 1. The molecule has 0 saturated carbocycles. The van der Waals surface area contributed by atoms with Crippen LogP contribution in [0.5, 0.6) is 0 Å². The van der Waals surface area contributed by atoms with E-state index in [0.717, 1.165) is 5.56 Å². The van der Waals surface area contributed by atoms with Crippen molar-refractivity contribution in [3.05, 3.63) is 21.9 Å². The fourth-order valence-electron chi connectivity index (χ4n) is 1.25. The molecule has 0 aliphatic rings. The number of nitrogens with one attached hydrogen (secondary N) is 2. The molecule has 0 fully saturated rings. The molecule has 1 aromatic heterocycles. The van der Waals surface area contributed by atoms with Crippen LogP contribution < -0.4 is 10.6 Å². The summed E-state index contributed by atoms with van der Waals surface area (Å²) in [5.41, 5.74) is 2.27. The number of carbonyl (C=O) groups is 2. The molecule has 0 aliphatic carbocycles. The van der Waals surface area contributed by atoms with Gasteiger partial charge in [-0.15, -0.1) is 0 Å². The second kappa shape index (κ2) is 6.90. The molecule has 0 bridgehead atoms. The molecule has 1 rings (SSSR count). The number of urea groups is 1. The second-order valence-corrected chi connectivity index (χ2v) is 4.43. The molecule has 2 amide bonds. The van der Waals surface area contributed by atoms with Gasteiger partial charge in [0.2, 0.25) is 0 Å². The average Bonchev–Trinajstić information content (AvgIpc) is 2.67. The Morgan fingerprint density at radius 2 is 2.12 bits per heavy atom. The van der Waals surface area contributed by atoms with Crippen LogP contribution in [-0.4, -0.2) is 23.7 Å². The zero-order valence-electron chi connectivity index (χ0n) is 9.66. The predicted molar refractivity (Wildman–Crippen MR) is 66.2 cm³/mol. The minimum atomic E-state index is -0.846. The summed E-state index contributed by atoms with van der Waals surface area (Å²) in [4.78, 5) is 21.6. The van der Waals surface area contributed by atoms with Crippen molar-refractivity contribution in [1.29, 1.82) is 0 Å². The number of aryl methyl sites for hydroxylation is 1. The summed E-state index contributed by atoms with van der Waals surface area (Å²) >= 11 is 1.61. The Hall–Kier alpha value is -1.56. The molecule has 6 heteroatoms. The van der Waals surface area contributed by atoms with Crippen molar-refractivity contribution in [3.63, 3.8) is 0 Å². The van der Waals surface area contributed by atoms with E-state index in [1.807, 2.05) is 17.7 Å². The minimum absolute atomic E-state index is 0.0733. The third-order valence-electron chi connectivity index (χ3n) is 2.25. The van der Waals surface area contributed by atoms with E-state index in [4.69, 9.17) is 5.11 Å². The molecular weight excluding hydrogens is 240 g/mol. The van der Waals surface area contributed by atoms with Crippen molar-refractivity contribution >= 4 is 23.3 Å². The van der Waals surface area contributed by atoms with Gasteiger partial charge in [-0.2, -0.15) is 11.3 Å². The molecule has 3 N–H and O–H groups in total. The standard InChI is InChI=1S/C11H16N2O3S/c1-8-6-17-7-9(8)5-13-11(16)12-4-2-3-10(14)15/h6-7H,2-5H2,1H3,(H,14,15)(H2,12,13,16). The summed E-state index contributed by atoms with van der Waals surface area (Å²) in [7, 11) is 0. The summed E-state index contributed by atoms with van der Waals surface area (Å²) in [6.45, 7) is 2.87. The molecule has 0 aromatic carbocycles. The van der Waals surface area contributed by atoms with Gasteiger partial charge in [0.1, 0.15) is 0 Å². The molecular formula is C11H16N2O3S. The van der Waals surface area contributed by atoms with Crippen molar-refractivity contribution in [2.75, 3.05) is 6.54 Å². The van der Waals surface area contributed by atoms with Crippen molar-refractivity contribution in [3.8, 4) is 0 Å². The molecule has 17 heavy (non-hydrogen) atoms. The number of rotatable bonds is 6. The molecule has 0 atom stereocenters. The van der Waals surface area contributed by atoms with Gasteiger partial charge in [0.15, 0.2) is 0 Å². The van der Waals surface area contributed by atoms with Crippen molar-refractivity contribution in [1.82, 2.24) is 10.6 Å². The molecule has 94 valence electrons. The number of carboxylic acids is 1. The van der Waals surface area contributed by atoms with E-state index >= 15 is 0 Å². The van der Waals surface area contributed by atoms with Gasteiger partial charge in [0, 0.05) is 19.5 Å². The highest BCUT2D eigenvalue weighted by molar-refractivity contribution is 7.08. The number of carbonyl (C=O) groups excluding carboxylic acids is 1. The highest BCUT2D eigenvalue weighted by atomic mass is 32.1. The third-order valence-corrected chi connectivity index (χ3v) is 3.16. The van der Waals surface area contributed by atoms with Crippen LogP contribution in [0.25, 0.3) is 0 Å². The first kappa shape index (κ1) is 13.5. The Labute approximate surface area is 104 Å². The van der Waals surface area contributed by atoms with Gasteiger partial charge in [-0.3, -0.25) is 4.79 Å². The summed E-state index contributed by atoms with van der Waals surface area (Å²) in [5, 5.41) is 17.8. The topological polar surface area (TPSA) is 78.4 Å². The number of carboxylic acid groups (broad SMARTS) is 1. The maximum absolute atomic E-state index is 11.3. The van der Waals surface area contributed by atoms with Crippen molar-refractivity contribution in [2.24, 2.45) is 0 Å². The van der Waals surface area contributed by atoms with Crippen LogP contribution in [-0.2, 0) is 11.3 Å². The van der Waals surface area contributed by atoms with Crippen LogP contribution in [0, 0.1) is 6.92 Å². The molecule has 1 aromatic rings. The van der Waals surface area contributed by atoms with E-state index < -0.39 is 5.97 Å². The Morgan fingerprint density at radius 1 is 1.35 bits per heavy atom. The lowest BCUT2D eigenvalue weighted by Crippen LogP contribution is -2.35. The van der Waals surface area contributed by atoms with Crippen LogP contribution in [0.1, 0.15) is 24.0 Å². The third kappa shape index (κ3) is 5.35. The number of aliphatic carboxylic acids is 1. The van der Waals surface area contributed by atoms with E-state index in [0.29, 0.717) is 19.5 Å². The largest absolute Gasteiger partial charge is 0.481 e. The van der Waals surface area contributed by atoms with Crippen LogP contribution >= 0.6 is 11.3 Å². The highest BCUT2D eigenvalue weighted by Gasteiger charge is 2.03. The lowest BCUT2D eigenvalue weighted by molar-refractivity contribution is -0.137. The van der Waals surface area contributed by atoms with Crippen LogP contribution in [0.2, 0.25) is 0 Å². The first-order chi connectivity index (χ1) is 8.09. The molecule has 1 heterocycles. The predicted octanol–water partition coefficient (Wildman–Crippen LogP) is 1.72. The first-order valence-electron chi connectivity index (χ1n) is 5.34. The zero-order valence-corrected chi connectivity index (χ0v) is 10.5. The Bertz CT molecular complexity index is 390. The van der Waals surface area contributed by atoms with Crippen LogP contribution in [0.15, 0.2) is 10.8 Å². The number of hydrogen-bond donors (Lipinski definition) is 3. The number of hydrogen-bond acceptors (Lipinski definition) is 3. The summed E-state index contributed by atoms with van der Waals surface area (Å²) in [6.07, 6.45) is 0.518. The van der Waals surface area contributed by atoms with Crippen molar-refractivity contribution < 1.29 is 14.7 Å². The van der Waals surface area contributed by atoms with Gasteiger partial charge in [0.25, 0.3) is 0 Å². The SMILES string of the molecule is Cc1cscc1CNC(=O)NCCCC(=O)O. The van der Waals surface area contributed by atoms with E-state index in [2.05, 4.69) is 10.6 Å². The Morgan fingerprint density at radius 3 is 2.71 bits per heavy atom. The van der Waals surface area contributed by atoms with Crippen LogP contribution in [0.4, 0.5) is 4.79 Å². The smallest absolute Gasteiger partial charge is 0.315 e. The van der Waals surface area contributed by atoms with E-state index in [1.54, 1.807) is 11.3 Å². The van der Waals surface area contributed by atoms with Crippen molar-refractivity contribution in [2.45, 2.75) is 26.3 Å². The molecule has 0 spiro atoms. The molecule has 0 unspecified atom stereocenters. The average molecular weight is 256 g/mol. The first-order valence-corrected chi connectivity index (χ1v) is 6.29. The second-order valence-electron chi connectivity index (χ2n) is 3.69. The molecule has 0 aliphatic heterocycles. The van der Waals surface area contributed by atoms with Gasteiger partial charge in [-0.1, -0.05) is 0 Å². The lowest BCUT2D eigenvalue weighted by Gasteiger charge is -2.06. The van der Waals surface area contributed by atoms with Gasteiger partial charge < -0.3 is 15.7 Å². The van der Waals surface area contributed by atoms with E-state index in [-0.39, 0.29) is 12.5 Å². The fraction of sp³-hybridized carbons (Fsp3) is 0.455. The van der Waals surface area contributed by atoms with Gasteiger partial charge in [-0.25, -0.2) is 4.79 Å². The Kier molecular flexibility index (Phi) is 5.48. The summed E-state index contributed by atoms with van der Waals surface area (Å²) in [6, 6.07) is -0.263. The van der Waals surface area contributed by atoms with Gasteiger partial charge in [-0.05, 0) is 35.2 Å². The lowest BCUT2D eigenvalue weighted by atomic mass is 10.2. The summed E-state index contributed by atoms with van der Waals surface area (Å²) < 4.78 is 0. The number of amides is 2. The van der Waals surface area contributed by atoms with Gasteiger partial charge >= 0.3 is 12.0 Å². The monoisotopic (exact) mass is 256 g/mol. The van der Waals surface area contributed by atoms with Gasteiger partial charge in [0.05, 0.1) is 0 Å².